The number of carbonyl (C=O) groups is 3. The number of aromatic hydroxyl groups is 1. The van der Waals surface area contributed by atoms with E-state index in [0.29, 0.717) is 17.7 Å². The van der Waals surface area contributed by atoms with Crippen LogP contribution in [0.3, 0.4) is 0 Å². The van der Waals surface area contributed by atoms with Crippen molar-refractivity contribution in [1.82, 2.24) is 10.2 Å². The molecule has 2 unspecified atom stereocenters. The van der Waals surface area contributed by atoms with Crippen LogP contribution in [0.1, 0.15) is 39.9 Å². The first-order valence-electron chi connectivity index (χ1n) is 13.8. The molecule has 222 valence electrons. The number of hydrogen-bond donors (Lipinski definition) is 7. The number of nitrogens with zero attached hydrogens (tertiary/aromatic N) is 1. The first kappa shape index (κ1) is 29.5. The number of fused-ring (bicyclic) bond motifs is 3. The van der Waals surface area contributed by atoms with E-state index >= 15 is 0 Å². The second-order valence-corrected chi connectivity index (χ2v) is 11.5. The molecule has 3 aliphatic rings. The third-order valence-corrected chi connectivity index (χ3v) is 8.96. The largest absolute Gasteiger partial charge is 0.510 e. The summed E-state index contributed by atoms with van der Waals surface area (Å²) >= 11 is 0. The van der Waals surface area contributed by atoms with Crippen molar-refractivity contribution in [2.24, 2.45) is 17.6 Å². The fraction of sp³-hybridized carbons (Fsp3) is 0.387. The molecule has 8 N–H and O–H groups in total. The predicted octanol–water partition coefficient (Wildman–Crippen LogP) is 0.985. The number of primary amides is 1. The number of benzene rings is 2. The summed E-state index contributed by atoms with van der Waals surface area (Å²) in [6.07, 6.45) is -0.871. The van der Waals surface area contributed by atoms with Crippen LogP contribution in [-0.4, -0.2) is 86.3 Å². The molecule has 11 nitrogen and oxygen atoms in total. The van der Waals surface area contributed by atoms with Crippen molar-refractivity contribution < 1.29 is 39.9 Å². The molecule has 11 heteroatoms. The highest BCUT2D eigenvalue weighted by Crippen LogP contribution is 2.55. The van der Waals surface area contributed by atoms with Gasteiger partial charge in [0.2, 0.25) is 5.78 Å². The number of nitrogens with two attached hydrogens (primary N) is 1. The number of rotatable bonds is 7. The fourth-order valence-corrected chi connectivity index (χ4v) is 6.91. The summed E-state index contributed by atoms with van der Waals surface area (Å²) in [5.41, 5.74) is 2.97. The first-order valence-corrected chi connectivity index (χ1v) is 13.8. The van der Waals surface area contributed by atoms with E-state index in [0.717, 1.165) is 12.0 Å². The Hall–Kier alpha value is -4.03. The summed E-state index contributed by atoms with van der Waals surface area (Å²) < 4.78 is 0. The molecule has 0 bridgehead atoms. The van der Waals surface area contributed by atoms with Gasteiger partial charge in [-0.25, -0.2) is 0 Å². The van der Waals surface area contributed by atoms with E-state index < -0.39 is 75.6 Å². The van der Waals surface area contributed by atoms with Crippen molar-refractivity contribution in [3.63, 3.8) is 0 Å². The van der Waals surface area contributed by atoms with Crippen molar-refractivity contribution in [3.05, 3.63) is 87.4 Å². The Morgan fingerprint density at radius 2 is 1.74 bits per heavy atom. The van der Waals surface area contributed by atoms with Crippen molar-refractivity contribution in [1.29, 1.82) is 0 Å². The molecule has 0 radical (unpaired) electrons. The highest BCUT2D eigenvalue weighted by Gasteiger charge is 2.67. The number of carbonyl (C=O) groups excluding carboxylic acids is 3. The predicted molar refractivity (Wildman–Crippen MR) is 152 cm³/mol. The van der Waals surface area contributed by atoms with Gasteiger partial charge in [-0.2, -0.15) is 0 Å². The number of likely N-dealkylation sites (N-methyl/N-ethyl adjacent to an activating group) is 1. The van der Waals surface area contributed by atoms with Crippen molar-refractivity contribution in [2.45, 2.75) is 43.6 Å². The maximum Gasteiger partial charge on any atom is 0.255 e. The van der Waals surface area contributed by atoms with Gasteiger partial charge in [0.15, 0.2) is 11.4 Å². The Bertz CT molecular complexity index is 1530. The molecule has 0 saturated heterocycles. The van der Waals surface area contributed by atoms with E-state index in [-0.39, 0.29) is 17.9 Å². The number of aliphatic hydroxyl groups is 4. The minimum absolute atomic E-state index is 0.0992. The molecule has 0 aromatic heterocycles. The van der Waals surface area contributed by atoms with Crippen molar-refractivity contribution >= 4 is 17.5 Å². The number of aliphatic hydroxyl groups excluding tert-OH is 3. The van der Waals surface area contributed by atoms with Gasteiger partial charge in [0, 0.05) is 23.6 Å². The maximum atomic E-state index is 14.0. The quantitative estimate of drug-likeness (QED) is 0.184. The molecule has 0 spiro atoms. The number of hydrogen-bond acceptors (Lipinski definition) is 10. The standard InChI is InChI=1S/C31H35N3O8/c1-14-17-10-9-16(13-33-12-11-15-7-5-4-6-8-15)24(35)19(17)25(36)20-18(14)26(37)22-23(34(2)3)27(38)21(30(32)41)29(40)31(22,42)28(20)39/h4-10,14,18,22-23,26,33,35,37-39,42H,11-13H2,1-3H3,(H2,32,41)/t14-,18?,22?,23-,26-,31-/m0/s1. The van der Waals surface area contributed by atoms with Gasteiger partial charge in [-0.3, -0.25) is 19.3 Å². The molecule has 3 aliphatic carbocycles. The van der Waals surface area contributed by atoms with Crippen molar-refractivity contribution in [3.8, 4) is 5.75 Å². The van der Waals surface area contributed by atoms with Gasteiger partial charge in [-0.15, -0.1) is 0 Å². The van der Waals surface area contributed by atoms with E-state index in [1.54, 1.807) is 19.1 Å². The van der Waals surface area contributed by atoms with Crippen LogP contribution in [0, 0.1) is 11.8 Å². The molecule has 0 aliphatic heterocycles. The van der Waals surface area contributed by atoms with E-state index in [1.165, 1.54) is 19.0 Å². The van der Waals surface area contributed by atoms with Crippen LogP contribution < -0.4 is 11.1 Å². The van der Waals surface area contributed by atoms with Gasteiger partial charge in [0.05, 0.1) is 23.6 Å². The van der Waals surface area contributed by atoms with Crippen LogP contribution in [0.5, 0.6) is 5.75 Å². The van der Waals surface area contributed by atoms with Crippen LogP contribution in [-0.2, 0) is 22.6 Å². The average molecular weight is 578 g/mol. The van der Waals surface area contributed by atoms with Crippen LogP contribution in [0.2, 0.25) is 0 Å². The van der Waals surface area contributed by atoms with Gasteiger partial charge in [0.1, 0.15) is 22.8 Å². The molecule has 0 fully saturated rings. The van der Waals surface area contributed by atoms with E-state index in [1.807, 2.05) is 30.3 Å². The molecule has 2 aromatic carbocycles. The van der Waals surface area contributed by atoms with Crippen molar-refractivity contribution in [2.75, 3.05) is 20.6 Å². The molecule has 0 heterocycles. The third kappa shape index (κ3) is 4.23. The lowest BCUT2D eigenvalue weighted by molar-refractivity contribution is -0.162. The second kappa shape index (κ2) is 10.7. The van der Waals surface area contributed by atoms with Crippen LogP contribution in [0.4, 0.5) is 0 Å². The zero-order valence-electron chi connectivity index (χ0n) is 23.5. The molecular weight excluding hydrogens is 542 g/mol. The summed E-state index contributed by atoms with van der Waals surface area (Å²) in [4.78, 5) is 41.0. The lowest BCUT2D eigenvalue weighted by atomic mass is 9.55. The van der Waals surface area contributed by atoms with Gasteiger partial charge in [-0.1, -0.05) is 49.4 Å². The van der Waals surface area contributed by atoms with E-state index in [9.17, 15) is 39.9 Å². The Morgan fingerprint density at radius 3 is 2.36 bits per heavy atom. The summed E-state index contributed by atoms with van der Waals surface area (Å²) in [6, 6.07) is 11.9. The highest BCUT2D eigenvalue weighted by molar-refractivity contribution is 6.25. The van der Waals surface area contributed by atoms with E-state index in [2.05, 4.69) is 5.32 Å². The Kier molecular flexibility index (Phi) is 7.48. The Labute approximate surface area is 242 Å². The minimum Gasteiger partial charge on any atom is -0.510 e. The molecule has 42 heavy (non-hydrogen) atoms. The minimum atomic E-state index is -2.93. The van der Waals surface area contributed by atoms with Gasteiger partial charge in [-0.05, 0) is 44.1 Å². The first-order chi connectivity index (χ1) is 19.8. The number of amides is 1. The van der Waals surface area contributed by atoms with Crippen LogP contribution in [0.15, 0.2) is 65.1 Å². The number of phenols is 1. The Morgan fingerprint density at radius 1 is 1.07 bits per heavy atom. The molecular formula is C31H35N3O8. The average Bonchev–Trinajstić information content (AvgIpc) is 2.94. The smallest absolute Gasteiger partial charge is 0.255 e. The number of ketones is 2. The zero-order valence-corrected chi connectivity index (χ0v) is 23.5. The zero-order chi connectivity index (χ0) is 30.7. The highest BCUT2D eigenvalue weighted by atomic mass is 16.4. The van der Waals surface area contributed by atoms with Gasteiger partial charge < -0.3 is 36.6 Å². The lowest BCUT2D eigenvalue weighted by Gasteiger charge is -2.53. The van der Waals surface area contributed by atoms with E-state index in [4.69, 9.17) is 5.73 Å². The second-order valence-electron chi connectivity index (χ2n) is 11.5. The normalized spacial score (nSPS) is 29.0. The maximum absolute atomic E-state index is 14.0. The van der Waals surface area contributed by atoms with Crippen LogP contribution >= 0.6 is 0 Å². The summed E-state index contributed by atoms with van der Waals surface area (Å²) in [6.45, 7) is 2.55. The Balaban J connectivity index is 1.56. The SMILES string of the molecule is C[C@H]1c2ccc(CNCCc3ccccc3)c(O)c2C(=O)C2=C(O)[C@]3(O)C(=O)C(C(N)=O)=C(O)[C@@H](N(C)C)C3[C@@H](O)C21. The van der Waals surface area contributed by atoms with Gasteiger partial charge in [0.25, 0.3) is 5.91 Å². The molecule has 6 atom stereocenters. The molecule has 2 aromatic rings. The summed E-state index contributed by atoms with van der Waals surface area (Å²) in [5, 5.41) is 60.3. The number of Topliss-reactive ketones (excluding diaryl/α,β-unsaturated/α-hetero) is 2. The molecule has 1 amide bonds. The summed E-state index contributed by atoms with van der Waals surface area (Å²) in [5.74, 6) is -8.96. The molecule has 0 saturated carbocycles. The fourth-order valence-electron chi connectivity index (χ4n) is 6.91. The lowest BCUT2D eigenvalue weighted by Crippen LogP contribution is -2.68. The summed E-state index contributed by atoms with van der Waals surface area (Å²) in [7, 11) is 2.99. The monoisotopic (exact) mass is 577 g/mol. The molecule has 5 rings (SSSR count). The van der Waals surface area contributed by atoms with Gasteiger partial charge >= 0.3 is 0 Å². The number of phenolic OH excluding ortho intramolecular Hbond substituents is 1. The van der Waals surface area contributed by atoms with Crippen LogP contribution in [0.25, 0.3) is 0 Å². The third-order valence-electron chi connectivity index (χ3n) is 8.96. The topological polar surface area (TPSA) is 194 Å². The number of nitrogens with one attached hydrogen (secondary N) is 1.